The summed E-state index contributed by atoms with van der Waals surface area (Å²) in [6.07, 6.45) is 3.52. The van der Waals surface area contributed by atoms with E-state index in [0.29, 0.717) is 13.2 Å². The van der Waals surface area contributed by atoms with Crippen molar-refractivity contribution in [3.8, 4) is 0 Å². The lowest BCUT2D eigenvalue weighted by atomic mass is 9.70. The molecule has 0 aromatic heterocycles. The van der Waals surface area contributed by atoms with E-state index < -0.39 is 17.3 Å². The second-order valence-electron chi connectivity index (χ2n) is 6.93. The topological polar surface area (TPSA) is 55.4 Å². The molecule has 0 spiro atoms. The van der Waals surface area contributed by atoms with Crippen molar-refractivity contribution in [2.45, 2.75) is 53.9 Å². The van der Waals surface area contributed by atoms with Crippen LogP contribution < -0.4 is 5.32 Å². The van der Waals surface area contributed by atoms with Crippen molar-refractivity contribution in [1.82, 2.24) is 5.32 Å². The standard InChI is InChI=1S/C15H27NO3/c1-6-19-13(18)11(14(2,3)4)12(17)16-10-15(5)8-7-9-15/h11H,6-10H2,1-5H3,(H,16,17). The molecule has 0 aromatic carbocycles. The molecule has 0 aliphatic heterocycles. The summed E-state index contributed by atoms with van der Waals surface area (Å²) >= 11 is 0. The molecule has 1 fully saturated rings. The SMILES string of the molecule is CCOC(=O)C(C(=O)NCC1(C)CCC1)C(C)(C)C. The smallest absolute Gasteiger partial charge is 0.319 e. The average molecular weight is 269 g/mol. The van der Waals surface area contributed by atoms with Gasteiger partial charge in [-0.25, -0.2) is 0 Å². The second-order valence-corrected chi connectivity index (χ2v) is 6.93. The van der Waals surface area contributed by atoms with E-state index in [1.54, 1.807) is 6.92 Å². The van der Waals surface area contributed by atoms with Crippen molar-refractivity contribution in [2.24, 2.45) is 16.7 Å². The molecule has 1 aliphatic carbocycles. The first-order chi connectivity index (χ1) is 8.69. The van der Waals surface area contributed by atoms with E-state index in [9.17, 15) is 9.59 Å². The highest BCUT2D eigenvalue weighted by molar-refractivity contribution is 5.98. The number of carbonyl (C=O) groups excluding carboxylic acids is 2. The fourth-order valence-corrected chi connectivity index (χ4v) is 2.44. The molecule has 1 rings (SSSR count). The van der Waals surface area contributed by atoms with Crippen LogP contribution >= 0.6 is 0 Å². The Balaban J connectivity index is 2.64. The molecule has 0 aromatic rings. The Morgan fingerprint density at radius 2 is 1.89 bits per heavy atom. The molecule has 4 heteroatoms. The first-order valence-corrected chi connectivity index (χ1v) is 7.14. The summed E-state index contributed by atoms with van der Waals surface area (Å²) in [6, 6.07) is 0. The van der Waals surface area contributed by atoms with Crippen LogP contribution in [0, 0.1) is 16.7 Å². The van der Waals surface area contributed by atoms with Crippen molar-refractivity contribution >= 4 is 11.9 Å². The highest BCUT2D eigenvalue weighted by atomic mass is 16.5. The molecule has 110 valence electrons. The minimum absolute atomic E-state index is 0.209. The molecular weight excluding hydrogens is 242 g/mol. The van der Waals surface area contributed by atoms with Gasteiger partial charge < -0.3 is 10.1 Å². The van der Waals surface area contributed by atoms with Gasteiger partial charge in [-0.05, 0) is 30.6 Å². The molecule has 1 aliphatic rings. The predicted octanol–water partition coefficient (Wildman–Crippen LogP) is 2.52. The van der Waals surface area contributed by atoms with Gasteiger partial charge in [0.15, 0.2) is 0 Å². The molecule has 1 amide bonds. The zero-order valence-corrected chi connectivity index (χ0v) is 12.8. The summed E-state index contributed by atoms with van der Waals surface area (Å²) in [4.78, 5) is 24.2. The Kier molecular flexibility index (Phi) is 4.99. The minimum atomic E-state index is -0.740. The zero-order valence-electron chi connectivity index (χ0n) is 12.8. The fraction of sp³-hybridized carbons (Fsp3) is 0.867. The third-order valence-electron chi connectivity index (χ3n) is 3.90. The van der Waals surface area contributed by atoms with Crippen LogP contribution in [0.3, 0.4) is 0 Å². The van der Waals surface area contributed by atoms with Gasteiger partial charge >= 0.3 is 5.97 Å². The number of amides is 1. The van der Waals surface area contributed by atoms with Crippen LogP contribution in [0.5, 0.6) is 0 Å². The van der Waals surface area contributed by atoms with E-state index in [1.165, 1.54) is 6.42 Å². The lowest BCUT2D eigenvalue weighted by Crippen LogP contribution is -2.47. The lowest BCUT2D eigenvalue weighted by Gasteiger charge is -2.39. The fourth-order valence-electron chi connectivity index (χ4n) is 2.44. The molecule has 1 N–H and O–H groups in total. The van der Waals surface area contributed by atoms with Crippen LogP contribution in [0.1, 0.15) is 53.9 Å². The van der Waals surface area contributed by atoms with Crippen LogP contribution in [-0.4, -0.2) is 25.0 Å². The summed E-state index contributed by atoms with van der Waals surface area (Å²) in [6.45, 7) is 10.5. The van der Waals surface area contributed by atoms with Gasteiger partial charge in [0, 0.05) is 6.54 Å². The molecule has 1 atom stereocenters. The van der Waals surface area contributed by atoms with E-state index in [-0.39, 0.29) is 11.3 Å². The van der Waals surface area contributed by atoms with E-state index in [4.69, 9.17) is 4.74 Å². The Hall–Kier alpha value is -1.06. The van der Waals surface area contributed by atoms with E-state index in [0.717, 1.165) is 12.8 Å². The van der Waals surface area contributed by atoms with Crippen LogP contribution in [0.15, 0.2) is 0 Å². The highest BCUT2D eigenvalue weighted by Crippen LogP contribution is 2.39. The van der Waals surface area contributed by atoms with Gasteiger partial charge in [-0.1, -0.05) is 34.1 Å². The van der Waals surface area contributed by atoms with Gasteiger partial charge in [0.25, 0.3) is 0 Å². The van der Waals surface area contributed by atoms with E-state index >= 15 is 0 Å². The van der Waals surface area contributed by atoms with Crippen LogP contribution in [0.25, 0.3) is 0 Å². The number of nitrogens with one attached hydrogen (secondary N) is 1. The maximum absolute atomic E-state index is 12.3. The third kappa shape index (κ3) is 4.22. The minimum Gasteiger partial charge on any atom is -0.465 e. The molecule has 1 saturated carbocycles. The zero-order chi connectivity index (χ0) is 14.7. The molecular formula is C15H27NO3. The second kappa shape index (κ2) is 5.93. The van der Waals surface area contributed by atoms with Gasteiger partial charge in [-0.15, -0.1) is 0 Å². The Morgan fingerprint density at radius 3 is 2.26 bits per heavy atom. The molecule has 0 bridgehead atoms. The maximum atomic E-state index is 12.3. The summed E-state index contributed by atoms with van der Waals surface area (Å²) in [5.41, 5.74) is -0.219. The first kappa shape index (κ1) is 16.0. The number of ether oxygens (including phenoxy) is 1. The van der Waals surface area contributed by atoms with Crippen molar-refractivity contribution in [3.63, 3.8) is 0 Å². The van der Waals surface area contributed by atoms with Crippen molar-refractivity contribution < 1.29 is 14.3 Å². The highest BCUT2D eigenvalue weighted by Gasteiger charge is 2.40. The maximum Gasteiger partial charge on any atom is 0.319 e. The third-order valence-corrected chi connectivity index (χ3v) is 3.90. The summed E-state index contributed by atoms with van der Waals surface area (Å²) < 4.78 is 5.02. The van der Waals surface area contributed by atoms with Gasteiger partial charge in [0.1, 0.15) is 5.92 Å². The Labute approximate surface area is 116 Å². The molecule has 19 heavy (non-hydrogen) atoms. The number of hydrogen-bond donors (Lipinski definition) is 1. The summed E-state index contributed by atoms with van der Waals surface area (Å²) in [5.74, 6) is -1.37. The Bertz CT molecular complexity index is 340. The van der Waals surface area contributed by atoms with Crippen LogP contribution in [0.2, 0.25) is 0 Å². The number of hydrogen-bond acceptors (Lipinski definition) is 3. The van der Waals surface area contributed by atoms with Gasteiger partial charge in [-0.3, -0.25) is 9.59 Å². The first-order valence-electron chi connectivity index (χ1n) is 7.14. The summed E-state index contributed by atoms with van der Waals surface area (Å²) in [7, 11) is 0. The van der Waals surface area contributed by atoms with Crippen LogP contribution in [0.4, 0.5) is 0 Å². The van der Waals surface area contributed by atoms with Crippen molar-refractivity contribution in [1.29, 1.82) is 0 Å². The number of rotatable bonds is 5. The molecule has 1 unspecified atom stereocenters. The average Bonchev–Trinajstić information content (AvgIpc) is 2.22. The molecule has 4 nitrogen and oxygen atoms in total. The van der Waals surface area contributed by atoms with E-state index in [1.807, 2.05) is 20.8 Å². The summed E-state index contributed by atoms with van der Waals surface area (Å²) in [5, 5.41) is 2.93. The van der Waals surface area contributed by atoms with Crippen molar-refractivity contribution in [2.75, 3.05) is 13.2 Å². The van der Waals surface area contributed by atoms with Gasteiger partial charge in [0.05, 0.1) is 6.61 Å². The van der Waals surface area contributed by atoms with Gasteiger partial charge in [0.2, 0.25) is 5.91 Å². The number of carbonyl (C=O) groups is 2. The van der Waals surface area contributed by atoms with Crippen LogP contribution in [-0.2, 0) is 14.3 Å². The normalized spacial score (nSPS) is 19.2. The molecule has 0 heterocycles. The lowest BCUT2D eigenvalue weighted by molar-refractivity contribution is -0.156. The molecule has 0 saturated heterocycles. The molecule has 0 radical (unpaired) electrons. The van der Waals surface area contributed by atoms with Gasteiger partial charge in [-0.2, -0.15) is 0 Å². The van der Waals surface area contributed by atoms with E-state index in [2.05, 4.69) is 12.2 Å². The van der Waals surface area contributed by atoms with Crippen molar-refractivity contribution in [3.05, 3.63) is 0 Å². The monoisotopic (exact) mass is 269 g/mol. The largest absolute Gasteiger partial charge is 0.465 e. The quantitative estimate of drug-likeness (QED) is 0.616. The number of esters is 1. The predicted molar refractivity (Wildman–Crippen MR) is 74.5 cm³/mol. The Morgan fingerprint density at radius 1 is 1.32 bits per heavy atom.